The normalized spacial score (nSPS) is 9.76. The third-order valence-corrected chi connectivity index (χ3v) is 3.59. The predicted octanol–water partition coefficient (Wildman–Crippen LogP) is 3.06. The van der Waals surface area contributed by atoms with Gasteiger partial charge in [-0.15, -0.1) is 0 Å². The molecule has 2 heterocycles. The number of amides is 1. The smallest absolute Gasteiger partial charge is 0.299 e. The molecular weight excluding hydrogens is 310 g/mol. The van der Waals surface area contributed by atoms with Gasteiger partial charge >= 0.3 is 0 Å². The molecule has 4 nitrogen and oxygen atoms in total. The van der Waals surface area contributed by atoms with E-state index in [1.807, 2.05) is 54.6 Å². The summed E-state index contributed by atoms with van der Waals surface area (Å²) < 4.78 is 0. The minimum absolute atomic E-state index is 0.218. The van der Waals surface area contributed by atoms with Crippen LogP contribution in [-0.2, 0) is 17.9 Å². The van der Waals surface area contributed by atoms with E-state index in [9.17, 15) is 4.79 Å². The summed E-state index contributed by atoms with van der Waals surface area (Å²) in [5.41, 5.74) is 2.79. The van der Waals surface area contributed by atoms with Crippen molar-refractivity contribution >= 4 is 5.91 Å². The van der Waals surface area contributed by atoms with Crippen LogP contribution in [0.4, 0.5) is 0 Å². The van der Waals surface area contributed by atoms with Crippen molar-refractivity contribution in [1.82, 2.24) is 14.9 Å². The summed E-state index contributed by atoms with van der Waals surface area (Å²) in [4.78, 5) is 22.5. The van der Waals surface area contributed by atoms with Gasteiger partial charge in [0, 0.05) is 49.4 Å². The van der Waals surface area contributed by atoms with E-state index in [4.69, 9.17) is 0 Å². The second-order valence-corrected chi connectivity index (χ2v) is 5.49. The average molecular weight is 327 g/mol. The Morgan fingerprint density at radius 1 is 0.840 bits per heavy atom. The molecule has 3 rings (SSSR count). The molecule has 0 bridgehead atoms. The molecule has 0 spiro atoms. The lowest BCUT2D eigenvalue weighted by atomic mass is 10.2. The van der Waals surface area contributed by atoms with E-state index in [0.717, 1.165) is 16.7 Å². The van der Waals surface area contributed by atoms with Crippen LogP contribution in [0.3, 0.4) is 0 Å². The van der Waals surface area contributed by atoms with Crippen molar-refractivity contribution in [2.45, 2.75) is 13.1 Å². The first kappa shape index (κ1) is 16.4. The molecule has 4 heteroatoms. The van der Waals surface area contributed by atoms with E-state index >= 15 is 0 Å². The number of rotatable bonds is 4. The van der Waals surface area contributed by atoms with Crippen LogP contribution in [0.15, 0.2) is 79.4 Å². The summed E-state index contributed by atoms with van der Waals surface area (Å²) in [6.07, 6.45) is 6.92. The highest BCUT2D eigenvalue weighted by Crippen LogP contribution is 2.09. The van der Waals surface area contributed by atoms with Crippen molar-refractivity contribution in [1.29, 1.82) is 0 Å². The number of benzene rings is 1. The van der Waals surface area contributed by atoms with Gasteiger partial charge in [-0.3, -0.25) is 14.8 Å². The lowest BCUT2D eigenvalue weighted by Crippen LogP contribution is -2.29. The molecule has 25 heavy (non-hydrogen) atoms. The first-order chi connectivity index (χ1) is 12.3. The van der Waals surface area contributed by atoms with Crippen LogP contribution in [0.25, 0.3) is 0 Å². The Hall–Kier alpha value is -3.45. The summed E-state index contributed by atoms with van der Waals surface area (Å²) >= 11 is 0. The van der Waals surface area contributed by atoms with Gasteiger partial charge in [0.15, 0.2) is 0 Å². The van der Waals surface area contributed by atoms with Gasteiger partial charge in [-0.1, -0.05) is 30.2 Å². The van der Waals surface area contributed by atoms with Crippen molar-refractivity contribution < 1.29 is 4.79 Å². The fourth-order valence-electron chi connectivity index (χ4n) is 2.35. The highest BCUT2D eigenvalue weighted by atomic mass is 16.2. The fourth-order valence-corrected chi connectivity index (χ4v) is 2.35. The van der Waals surface area contributed by atoms with Gasteiger partial charge in [-0.25, -0.2) is 0 Å². The van der Waals surface area contributed by atoms with Gasteiger partial charge in [0.25, 0.3) is 5.91 Å². The first-order valence-electron chi connectivity index (χ1n) is 7.95. The molecule has 0 saturated heterocycles. The van der Waals surface area contributed by atoms with Crippen LogP contribution in [0.5, 0.6) is 0 Å². The van der Waals surface area contributed by atoms with E-state index in [1.54, 1.807) is 29.7 Å². The van der Waals surface area contributed by atoms with Gasteiger partial charge in [-0.2, -0.15) is 0 Å². The van der Waals surface area contributed by atoms with E-state index in [2.05, 4.69) is 21.8 Å². The molecule has 0 fully saturated rings. The maximum absolute atomic E-state index is 12.6. The minimum Gasteiger partial charge on any atom is -0.323 e. The molecule has 1 amide bonds. The van der Waals surface area contributed by atoms with E-state index < -0.39 is 0 Å². The molecule has 0 unspecified atom stereocenters. The van der Waals surface area contributed by atoms with Crippen molar-refractivity contribution in [3.8, 4) is 11.8 Å². The van der Waals surface area contributed by atoms with Crippen molar-refractivity contribution in [3.05, 3.63) is 96.1 Å². The summed E-state index contributed by atoms with van der Waals surface area (Å²) in [6.45, 7) is 0.929. The molecule has 0 saturated carbocycles. The Kier molecular flexibility index (Phi) is 5.52. The molecule has 2 aromatic heterocycles. The van der Waals surface area contributed by atoms with Gasteiger partial charge in [0.1, 0.15) is 0 Å². The Labute approximate surface area is 147 Å². The molecule has 0 atom stereocenters. The maximum atomic E-state index is 12.6. The number of hydrogen-bond donors (Lipinski definition) is 0. The Morgan fingerprint density at radius 3 is 2.32 bits per heavy atom. The number of nitrogens with zero attached hydrogens (tertiary/aromatic N) is 3. The van der Waals surface area contributed by atoms with Crippen LogP contribution in [0.1, 0.15) is 16.7 Å². The first-order valence-corrected chi connectivity index (χ1v) is 7.95. The summed E-state index contributed by atoms with van der Waals surface area (Å²) in [6, 6.07) is 17.1. The molecule has 0 N–H and O–H groups in total. The Balaban J connectivity index is 1.80. The number of carbonyl (C=O) groups excluding carboxylic acids is 1. The fraction of sp³-hybridized carbons (Fsp3) is 0.0952. The summed E-state index contributed by atoms with van der Waals surface area (Å²) in [7, 11) is 0. The van der Waals surface area contributed by atoms with Crippen LogP contribution in [0.2, 0.25) is 0 Å². The molecule has 0 radical (unpaired) electrons. The number of carbonyl (C=O) groups is 1. The summed E-state index contributed by atoms with van der Waals surface area (Å²) in [5.74, 6) is 5.45. The lowest BCUT2D eigenvalue weighted by molar-refractivity contribution is -0.126. The number of aromatic nitrogens is 2. The lowest BCUT2D eigenvalue weighted by Gasteiger charge is -2.20. The molecule has 122 valence electrons. The van der Waals surface area contributed by atoms with Crippen molar-refractivity contribution in [3.63, 3.8) is 0 Å². The van der Waals surface area contributed by atoms with E-state index in [-0.39, 0.29) is 5.91 Å². The van der Waals surface area contributed by atoms with Crippen LogP contribution in [0, 0.1) is 11.8 Å². The Bertz CT molecular complexity index is 827. The molecule has 0 aliphatic rings. The van der Waals surface area contributed by atoms with Gasteiger partial charge in [0.05, 0.1) is 0 Å². The number of pyridine rings is 2. The van der Waals surface area contributed by atoms with E-state index in [0.29, 0.717) is 13.1 Å². The quantitative estimate of drug-likeness (QED) is 0.692. The van der Waals surface area contributed by atoms with E-state index in [1.165, 1.54) is 0 Å². The molecule has 3 aromatic rings. The zero-order valence-corrected chi connectivity index (χ0v) is 13.7. The summed E-state index contributed by atoms with van der Waals surface area (Å²) in [5, 5.41) is 0. The topological polar surface area (TPSA) is 46.1 Å². The molecule has 0 aliphatic heterocycles. The zero-order valence-electron chi connectivity index (χ0n) is 13.7. The second-order valence-electron chi connectivity index (χ2n) is 5.49. The monoisotopic (exact) mass is 327 g/mol. The van der Waals surface area contributed by atoms with Crippen molar-refractivity contribution in [2.75, 3.05) is 0 Å². The van der Waals surface area contributed by atoms with Gasteiger partial charge in [-0.05, 0) is 41.5 Å². The largest absolute Gasteiger partial charge is 0.323 e. The minimum atomic E-state index is -0.218. The zero-order chi connectivity index (χ0) is 17.3. The maximum Gasteiger partial charge on any atom is 0.299 e. The van der Waals surface area contributed by atoms with Crippen molar-refractivity contribution in [2.24, 2.45) is 0 Å². The SMILES string of the molecule is O=C(C#Cc1ccccc1)N(Cc1ccncc1)Cc1cccnc1. The highest BCUT2D eigenvalue weighted by Gasteiger charge is 2.13. The third-order valence-electron chi connectivity index (χ3n) is 3.59. The van der Waals surface area contributed by atoms with Crippen LogP contribution in [-0.4, -0.2) is 20.8 Å². The highest BCUT2D eigenvalue weighted by molar-refractivity contribution is 5.94. The van der Waals surface area contributed by atoms with Crippen LogP contribution < -0.4 is 0 Å². The predicted molar refractivity (Wildman–Crippen MR) is 96.0 cm³/mol. The standard InChI is InChI=1S/C21H17N3O/c25-21(9-8-18-5-2-1-3-6-18)24(16-19-10-13-22-14-11-19)17-20-7-4-12-23-15-20/h1-7,10-15H,16-17H2. The molecule has 0 aliphatic carbocycles. The molecule has 1 aromatic carbocycles. The Morgan fingerprint density at radius 2 is 1.60 bits per heavy atom. The number of hydrogen-bond acceptors (Lipinski definition) is 3. The average Bonchev–Trinajstić information content (AvgIpc) is 2.68. The second kappa shape index (κ2) is 8.42. The van der Waals surface area contributed by atoms with Gasteiger partial charge < -0.3 is 4.90 Å². The molecular formula is C21H17N3O. The third kappa shape index (κ3) is 5.02. The van der Waals surface area contributed by atoms with Crippen LogP contribution >= 0.6 is 0 Å². The van der Waals surface area contributed by atoms with Gasteiger partial charge in [0.2, 0.25) is 0 Å².